The minimum atomic E-state index is 0.448. The van der Waals surface area contributed by atoms with Gasteiger partial charge in [0.05, 0.1) is 31.6 Å². The second-order valence-corrected chi connectivity index (χ2v) is 5.21. The first-order valence-electron chi connectivity index (χ1n) is 6.63. The molecule has 0 amide bonds. The highest BCUT2D eigenvalue weighted by Crippen LogP contribution is 2.38. The van der Waals surface area contributed by atoms with Gasteiger partial charge in [-0.2, -0.15) is 9.97 Å². The third-order valence-electron chi connectivity index (χ3n) is 3.49. The molecule has 0 saturated heterocycles. The SMILES string of the molecule is COc1nc(C)nc(OC)c1-c1cc2cc(Cl)ncc2n1C. The van der Waals surface area contributed by atoms with Crippen LogP contribution in [0.25, 0.3) is 22.2 Å². The second-order valence-electron chi connectivity index (χ2n) is 4.82. The van der Waals surface area contributed by atoms with Gasteiger partial charge in [-0.15, -0.1) is 0 Å². The molecule has 0 unspecified atom stereocenters. The molecule has 0 aliphatic heterocycles. The summed E-state index contributed by atoms with van der Waals surface area (Å²) in [6, 6.07) is 3.80. The van der Waals surface area contributed by atoms with Gasteiger partial charge in [0.15, 0.2) is 0 Å². The molecule has 0 aliphatic rings. The summed E-state index contributed by atoms with van der Waals surface area (Å²) in [5.74, 6) is 1.52. The molecule has 3 aromatic heterocycles. The minimum absolute atomic E-state index is 0.448. The Bertz CT molecular complexity index is 835. The lowest BCUT2D eigenvalue weighted by molar-refractivity contribution is 0.372. The van der Waals surface area contributed by atoms with Crippen molar-refractivity contribution in [1.82, 2.24) is 19.5 Å². The van der Waals surface area contributed by atoms with E-state index in [2.05, 4.69) is 15.0 Å². The highest BCUT2D eigenvalue weighted by molar-refractivity contribution is 6.30. The van der Waals surface area contributed by atoms with E-state index >= 15 is 0 Å². The molecule has 0 radical (unpaired) electrons. The van der Waals surface area contributed by atoms with Crippen molar-refractivity contribution < 1.29 is 9.47 Å². The Kier molecular flexibility index (Phi) is 3.62. The summed E-state index contributed by atoms with van der Waals surface area (Å²) in [6.45, 7) is 1.79. The van der Waals surface area contributed by atoms with Crippen LogP contribution < -0.4 is 9.47 Å². The quantitative estimate of drug-likeness (QED) is 0.695. The molecule has 0 spiro atoms. The summed E-state index contributed by atoms with van der Waals surface area (Å²) in [7, 11) is 5.09. The van der Waals surface area contributed by atoms with Gasteiger partial charge in [-0.25, -0.2) is 4.98 Å². The number of fused-ring (bicyclic) bond motifs is 1. The molecule has 0 aromatic carbocycles. The van der Waals surface area contributed by atoms with Crippen molar-refractivity contribution in [2.45, 2.75) is 6.92 Å². The van der Waals surface area contributed by atoms with E-state index in [1.54, 1.807) is 27.3 Å². The maximum atomic E-state index is 5.97. The van der Waals surface area contributed by atoms with Crippen LogP contribution in [0.5, 0.6) is 11.8 Å². The van der Waals surface area contributed by atoms with E-state index in [-0.39, 0.29) is 0 Å². The standard InChI is InChI=1S/C15H15ClN4O2/c1-8-18-14(21-3)13(15(19-8)22-4)10-5-9-6-12(16)17-7-11(9)20(10)2/h5-7H,1-4H3. The Hall–Kier alpha value is -2.34. The number of rotatable bonds is 3. The predicted molar refractivity (Wildman–Crippen MR) is 84.6 cm³/mol. The zero-order chi connectivity index (χ0) is 15.9. The van der Waals surface area contributed by atoms with E-state index in [9.17, 15) is 0 Å². The summed E-state index contributed by atoms with van der Waals surface area (Å²) in [6.07, 6.45) is 1.73. The number of aryl methyl sites for hydroxylation is 2. The smallest absolute Gasteiger partial charge is 0.229 e. The molecule has 0 atom stereocenters. The molecule has 3 heterocycles. The van der Waals surface area contributed by atoms with E-state index in [4.69, 9.17) is 21.1 Å². The van der Waals surface area contributed by atoms with Gasteiger partial charge in [-0.3, -0.25) is 0 Å². The van der Waals surface area contributed by atoms with Gasteiger partial charge in [-0.05, 0) is 19.1 Å². The summed E-state index contributed by atoms with van der Waals surface area (Å²) in [4.78, 5) is 12.8. The van der Waals surface area contributed by atoms with Crippen LogP contribution in [0.15, 0.2) is 18.3 Å². The maximum absolute atomic E-state index is 5.97. The van der Waals surface area contributed by atoms with Crippen LogP contribution in [0, 0.1) is 6.92 Å². The largest absolute Gasteiger partial charge is 0.480 e. The molecular formula is C15H15ClN4O2. The van der Waals surface area contributed by atoms with Gasteiger partial charge >= 0.3 is 0 Å². The Morgan fingerprint density at radius 3 is 2.32 bits per heavy atom. The first-order chi connectivity index (χ1) is 10.5. The van der Waals surface area contributed by atoms with Crippen molar-refractivity contribution in [3.8, 4) is 23.0 Å². The van der Waals surface area contributed by atoms with E-state index in [0.29, 0.717) is 28.3 Å². The van der Waals surface area contributed by atoms with Gasteiger partial charge in [-0.1, -0.05) is 11.6 Å². The topological polar surface area (TPSA) is 62.1 Å². The second kappa shape index (κ2) is 5.46. The van der Waals surface area contributed by atoms with Gasteiger partial charge in [0.25, 0.3) is 0 Å². The summed E-state index contributed by atoms with van der Waals surface area (Å²) in [5, 5.41) is 1.42. The van der Waals surface area contributed by atoms with Crippen LogP contribution in [0.4, 0.5) is 0 Å². The zero-order valence-corrected chi connectivity index (χ0v) is 13.5. The number of nitrogens with zero attached hydrogens (tertiary/aromatic N) is 4. The molecule has 3 aromatic rings. The highest BCUT2D eigenvalue weighted by Gasteiger charge is 2.21. The van der Waals surface area contributed by atoms with Gasteiger partial charge < -0.3 is 14.0 Å². The molecule has 0 saturated carbocycles. The van der Waals surface area contributed by atoms with Crippen LogP contribution in [0.2, 0.25) is 5.15 Å². The molecule has 114 valence electrons. The number of pyridine rings is 1. The van der Waals surface area contributed by atoms with E-state index in [1.807, 2.05) is 23.7 Å². The Morgan fingerprint density at radius 1 is 1.09 bits per heavy atom. The van der Waals surface area contributed by atoms with Crippen molar-refractivity contribution in [2.24, 2.45) is 7.05 Å². The molecule has 0 aliphatic carbocycles. The van der Waals surface area contributed by atoms with Crippen molar-refractivity contribution in [2.75, 3.05) is 14.2 Å². The minimum Gasteiger partial charge on any atom is -0.480 e. The lowest BCUT2D eigenvalue weighted by atomic mass is 10.2. The Balaban J connectivity index is 2.34. The van der Waals surface area contributed by atoms with Crippen LogP contribution in [0.1, 0.15) is 5.82 Å². The van der Waals surface area contributed by atoms with Crippen molar-refractivity contribution in [1.29, 1.82) is 0 Å². The third-order valence-corrected chi connectivity index (χ3v) is 3.70. The van der Waals surface area contributed by atoms with E-state index in [0.717, 1.165) is 16.6 Å². The Labute approximate surface area is 132 Å². The zero-order valence-electron chi connectivity index (χ0n) is 12.7. The van der Waals surface area contributed by atoms with Gasteiger partial charge in [0.2, 0.25) is 11.8 Å². The summed E-state index contributed by atoms with van der Waals surface area (Å²) >= 11 is 5.97. The molecule has 7 heteroatoms. The molecule has 3 rings (SSSR count). The number of aromatic nitrogens is 4. The number of ether oxygens (including phenoxy) is 2. The van der Waals surface area contributed by atoms with E-state index < -0.39 is 0 Å². The van der Waals surface area contributed by atoms with Crippen molar-refractivity contribution in [3.05, 3.63) is 29.3 Å². The maximum Gasteiger partial charge on any atom is 0.229 e. The first-order valence-corrected chi connectivity index (χ1v) is 7.01. The lowest BCUT2D eigenvalue weighted by Gasteiger charge is -2.13. The Morgan fingerprint density at radius 2 is 1.73 bits per heavy atom. The average molecular weight is 319 g/mol. The molecule has 0 bridgehead atoms. The van der Waals surface area contributed by atoms with Crippen molar-refractivity contribution in [3.63, 3.8) is 0 Å². The molecule has 0 N–H and O–H groups in total. The normalized spacial score (nSPS) is 11.0. The van der Waals surface area contributed by atoms with Crippen molar-refractivity contribution >= 4 is 22.5 Å². The van der Waals surface area contributed by atoms with Crippen LogP contribution in [0.3, 0.4) is 0 Å². The summed E-state index contributed by atoms with van der Waals surface area (Å²) < 4.78 is 12.8. The predicted octanol–water partition coefficient (Wildman–Crippen LogP) is 3.01. The van der Waals surface area contributed by atoms with Gasteiger partial charge in [0.1, 0.15) is 16.5 Å². The summed E-state index contributed by atoms with van der Waals surface area (Å²) in [5.41, 5.74) is 2.52. The molecule has 22 heavy (non-hydrogen) atoms. The highest BCUT2D eigenvalue weighted by atomic mass is 35.5. The lowest BCUT2D eigenvalue weighted by Crippen LogP contribution is -2.03. The molecular weight excluding hydrogens is 304 g/mol. The van der Waals surface area contributed by atoms with Crippen LogP contribution in [-0.2, 0) is 7.05 Å². The number of hydrogen-bond donors (Lipinski definition) is 0. The molecule has 6 nitrogen and oxygen atoms in total. The monoisotopic (exact) mass is 318 g/mol. The van der Waals surface area contributed by atoms with E-state index in [1.165, 1.54) is 0 Å². The third kappa shape index (κ3) is 2.25. The van der Waals surface area contributed by atoms with Crippen LogP contribution >= 0.6 is 11.6 Å². The number of methoxy groups -OCH3 is 2. The number of hydrogen-bond acceptors (Lipinski definition) is 5. The average Bonchev–Trinajstić information content (AvgIpc) is 2.82. The molecule has 0 fully saturated rings. The van der Waals surface area contributed by atoms with Gasteiger partial charge in [0, 0.05) is 12.4 Å². The first kappa shape index (κ1) is 14.6. The fourth-order valence-electron chi connectivity index (χ4n) is 2.48. The fourth-order valence-corrected chi connectivity index (χ4v) is 2.65. The van der Waals surface area contributed by atoms with Crippen LogP contribution in [-0.4, -0.2) is 33.7 Å². The number of halogens is 1. The fraction of sp³-hybridized carbons (Fsp3) is 0.267.